The molecule has 1 heterocycles. The van der Waals surface area contributed by atoms with Crippen molar-refractivity contribution in [2.24, 2.45) is 28.6 Å². The summed E-state index contributed by atoms with van der Waals surface area (Å²) in [6, 6.07) is 3.54. The lowest BCUT2D eigenvalue weighted by Gasteiger charge is -2.59. The third-order valence-electron chi connectivity index (χ3n) is 9.48. The highest BCUT2D eigenvalue weighted by atomic mass is 16.5. The lowest BCUT2D eigenvalue weighted by Crippen LogP contribution is -2.52. The van der Waals surface area contributed by atoms with E-state index < -0.39 is 0 Å². The fraction of sp³-hybridized carbons (Fsp3) is 0.692. The van der Waals surface area contributed by atoms with Gasteiger partial charge in [0.1, 0.15) is 6.10 Å². The number of allylic oxidation sites excluding steroid dienone is 2. The van der Waals surface area contributed by atoms with Crippen LogP contribution in [0.5, 0.6) is 0 Å². The molecule has 0 spiro atoms. The molecule has 4 aliphatic carbocycles. The Bertz CT molecular complexity index is 909. The van der Waals surface area contributed by atoms with Crippen LogP contribution in [0.3, 0.4) is 0 Å². The molecule has 4 aliphatic rings. The number of carbonyl (C=O) groups excluding carboxylic acids is 1. The van der Waals surface area contributed by atoms with Gasteiger partial charge in [-0.2, -0.15) is 0 Å². The van der Waals surface area contributed by atoms with Crippen molar-refractivity contribution >= 4 is 5.97 Å². The van der Waals surface area contributed by atoms with Crippen LogP contribution in [0.15, 0.2) is 39.3 Å². The van der Waals surface area contributed by atoms with Crippen LogP contribution in [0.25, 0.3) is 0 Å². The van der Waals surface area contributed by atoms with Gasteiger partial charge in [0.25, 0.3) is 0 Å². The van der Waals surface area contributed by atoms with Crippen molar-refractivity contribution in [1.29, 1.82) is 0 Å². The van der Waals surface area contributed by atoms with Crippen LogP contribution in [-0.4, -0.2) is 12.1 Å². The number of esters is 1. The van der Waals surface area contributed by atoms with Crippen LogP contribution < -0.4 is 5.63 Å². The molecule has 0 saturated heterocycles. The average molecular weight is 411 g/mol. The molecule has 3 saturated carbocycles. The van der Waals surface area contributed by atoms with Crippen molar-refractivity contribution in [2.75, 3.05) is 0 Å². The van der Waals surface area contributed by atoms with Gasteiger partial charge in [0.15, 0.2) is 0 Å². The third kappa shape index (κ3) is 3.01. The predicted molar refractivity (Wildman–Crippen MR) is 115 cm³/mol. The molecule has 162 valence electrons. The van der Waals surface area contributed by atoms with Gasteiger partial charge >= 0.3 is 11.6 Å². The zero-order chi connectivity index (χ0) is 21.1. The molecule has 7 atom stereocenters. The molecule has 4 heteroatoms. The molecule has 1 aromatic rings. The van der Waals surface area contributed by atoms with Gasteiger partial charge in [-0.05, 0) is 97.5 Å². The van der Waals surface area contributed by atoms with Gasteiger partial charge in [0.2, 0.25) is 0 Å². The van der Waals surface area contributed by atoms with E-state index in [2.05, 4.69) is 19.9 Å². The molecule has 0 amide bonds. The van der Waals surface area contributed by atoms with Crippen LogP contribution in [0, 0.1) is 28.6 Å². The van der Waals surface area contributed by atoms with Crippen molar-refractivity contribution < 1.29 is 13.9 Å². The maximum absolute atomic E-state index is 11.5. The van der Waals surface area contributed by atoms with Gasteiger partial charge in [-0.1, -0.05) is 25.5 Å². The third-order valence-corrected chi connectivity index (χ3v) is 9.48. The molecular formula is C26H34O4. The fourth-order valence-corrected chi connectivity index (χ4v) is 7.96. The summed E-state index contributed by atoms with van der Waals surface area (Å²) >= 11 is 0. The second kappa shape index (κ2) is 7.10. The first kappa shape index (κ1) is 20.1. The first-order chi connectivity index (χ1) is 14.3. The Morgan fingerprint density at radius 3 is 2.70 bits per heavy atom. The maximum atomic E-state index is 11.5. The van der Waals surface area contributed by atoms with E-state index in [1.807, 2.05) is 6.07 Å². The van der Waals surface area contributed by atoms with Gasteiger partial charge in [-0.25, -0.2) is 4.79 Å². The van der Waals surface area contributed by atoms with E-state index in [9.17, 15) is 9.59 Å². The molecule has 0 aromatic carbocycles. The Labute approximate surface area is 179 Å². The van der Waals surface area contributed by atoms with Gasteiger partial charge in [-0.15, -0.1) is 0 Å². The summed E-state index contributed by atoms with van der Waals surface area (Å²) in [7, 11) is 0. The minimum atomic E-state index is -0.269. The zero-order valence-corrected chi connectivity index (χ0v) is 18.5. The summed E-state index contributed by atoms with van der Waals surface area (Å²) in [4.78, 5) is 22.9. The molecule has 5 rings (SSSR count). The van der Waals surface area contributed by atoms with E-state index in [1.54, 1.807) is 17.9 Å². The number of ether oxygens (including phenoxy) is 1. The van der Waals surface area contributed by atoms with Crippen LogP contribution in [0.1, 0.15) is 83.6 Å². The Kier molecular flexibility index (Phi) is 4.75. The van der Waals surface area contributed by atoms with Crippen molar-refractivity contribution in [2.45, 2.75) is 84.2 Å². The summed E-state index contributed by atoms with van der Waals surface area (Å²) in [5, 5.41) is 0. The van der Waals surface area contributed by atoms with Gasteiger partial charge in [0.05, 0.1) is 6.26 Å². The highest BCUT2D eigenvalue weighted by Gasteiger charge is 2.57. The molecule has 0 N–H and O–H groups in total. The number of fused-ring (bicyclic) bond motifs is 5. The number of rotatable bonds is 2. The minimum absolute atomic E-state index is 0.119. The van der Waals surface area contributed by atoms with Gasteiger partial charge in [0, 0.05) is 13.0 Å². The first-order valence-electron chi connectivity index (χ1n) is 11.8. The summed E-state index contributed by atoms with van der Waals surface area (Å²) in [6.07, 6.45) is 13.6. The molecule has 0 aliphatic heterocycles. The highest BCUT2D eigenvalue weighted by molar-refractivity contribution is 5.66. The lowest BCUT2D eigenvalue weighted by atomic mass is 9.46. The fourth-order valence-electron chi connectivity index (χ4n) is 7.96. The van der Waals surface area contributed by atoms with E-state index in [0.29, 0.717) is 23.2 Å². The Balaban J connectivity index is 1.38. The molecule has 4 nitrogen and oxygen atoms in total. The topological polar surface area (TPSA) is 56.5 Å². The number of carbonyl (C=O) groups is 1. The van der Waals surface area contributed by atoms with Crippen LogP contribution in [0.4, 0.5) is 0 Å². The summed E-state index contributed by atoms with van der Waals surface area (Å²) in [6.45, 7) is 6.51. The number of hydrogen-bond donors (Lipinski definition) is 0. The standard InChI is InChI=1S/C26H34O4/c1-16(27)30-19-10-12-25(2)18(14-19)5-6-20-22-8-7-21(17-4-9-24(28)29-15-17)26(22,3)13-11-23(20)25/h4,8-9,15,18-21,23H,5-7,10-14H2,1-3H3/t18-,19+,20+,21-,23+,25+,26-/m1/s1. The molecule has 3 fully saturated rings. The monoisotopic (exact) mass is 410 g/mol. The normalized spacial score (nSPS) is 42.5. The van der Waals surface area contributed by atoms with Crippen LogP contribution in [-0.2, 0) is 9.53 Å². The smallest absolute Gasteiger partial charge is 0.335 e. The van der Waals surface area contributed by atoms with E-state index >= 15 is 0 Å². The Morgan fingerprint density at radius 1 is 1.13 bits per heavy atom. The predicted octanol–water partition coefficient (Wildman–Crippen LogP) is 5.62. The molecule has 0 bridgehead atoms. The average Bonchev–Trinajstić information content (AvgIpc) is 3.06. The van der Waals surface area contributed by atoms with Crippen LogP contribution >= 0.6 is 0 Å². The second-order valence-corrected chi connectivity index (χ2v) is 10.8. The zero-order valence-electron chi connectivity index (χ0n) is 18.5. The van der Waals surface area contributed by atoms with Crippen molar-refractivity contribution in [3.63, 3.8) is 0 Å². The Morgan fingerprint density at radius 2 is 1.97 bits per heavy atom. The molecule has 0 unspecified atom stereocenters. The SMILES string of the molecule is CC(=O)O[C@H]1CC[C@@]2(C)[C@H](CC[C@H]3C4=CC[C@H](c5ccc(=O)oc5)[C@@]4(C)CC[C@@H]32)C1. The molecule has 30 heavy (non-hydrogen) atoms. The maximum Gasteiger partial charge on any atom is 0.335 e. The molecular weight excluding hydrogens is 376 g/mol. The second-order valence-electron chi connectivity index (χ2n) is 10.8. The molecule has 1 aromatic heterocycles. The Hall–Kier alpha value is -1.84. The van der Waals surface area contributed by atoms with E-state index in [1.165, 1.54) is 44.6 Å². The number of hydrogen-bond acceptors (Lipinski definition) is 4. The van der Waals surface area contributed by atoms with Crippen molar-refractivity contribution in [1.82, 2.24) is 0 Å². The van der Waals surface area contributed by atoms with Gasteiger partial charge < -0.3 is 9.15 Å². The van der Waals surface area contributed by atoms with E-state index in [0.717, 1.165) is 25.2 Å². The highest BCUT2D eigenvalue weighted by Crippen LogP contribution is 2.67. The van der Waals surface area contributed by atoms with Gasteiger partial charge in [-0.3, -0.25) is 4.79 Å². The quantitative estimate of drug-likeness (QED) is 0.469. The summed E-state index contributed by atoms with van der Waals surface area (Å²) in [5.41, 5.74) is 3.12. The summed E-state index contributed by atoms with van der Waals surface area (Å²) < 4.78 is 10.8. The van der Waals surface area contributed by atoms with Crippen molar-refractivity contribution in [3.8, 4) is 0 Å². The largest absolute Gasteiger partial charge is 0.463 e. The van der Waals surface area contributed by atoms with E-state index in [4.69, 9.17) is 9.15 Å². The minimum Gasteiger partial charge on any atom is -0.463 e. The first-order valence-corrected chi connectivity index (χ1v) is 11.8. The summed E-state index contributed by atoms with van der Waals surface area (Å²) in [5.74, 6) is 2.37. The lowest BCUT2D eigenvalue weighted by molar-refractivity contribution is -0.155. The molecule has 0 radical (unpaired) electrons. The van der Waals surface area contributed by atoms with Crippen molar-refractivity contribution in [3.05, 3.63) is 46.0 Å². The van der Waals surface area contributed by atoms with E-state index in [-0.39, 0.29) is 23.1 Å². The van der Waals surface area contributed by atoms with Crippen LogP contribution in [0.2, 0.25) is 0 Å².